The maximum absolute atomic E-state index is 11.9. The highest BCUT2D eigenvalue weighted by atomic mass is 32.2. The van der Waals surface area contributed by atoms with Crippen LogP contribution in [0.4, 0.5) is 5.69 Å². The summed E-state index contributed by atoms with van der Waals surface area (Å²) in [5, 5.41) is 12.4. The van der Waals surface area contributed by atoms with Crippen LogP contribution in [0.1, 0.15) is 27.2 Å². The fraction of sp³-hybridized carbons (Fsp3) is 0.571. The van der Waals surface area contributed by atoms with Crippen molar-refractivity contribution in [2.24, 2.45) is 5.92 Å². The third kappa shape index (κ3) is 4.51. The maximum Gasteiger partial charge on any atom is 0.178 e. The number of anilines is 1. The Morgan fingerprint density at radius 1 is 1.21 bits per heavy atom. The molecule has 5 heteroatoms. The molecule has 0 amide bonds. The van der Waals surface area contributed by atoms with Crippen molar-refractivity contribution in [3.8, 4) is 0 Å². The van der Waals surface area contributed by atoms with Crippen LogP contribution in [-0.2, 0) is 9.84 Å². The first kappa shape index (κ1) is 16.0. The summed E-state index contributed by atoms with van der Waals surface area (Å²) in [5.74, 6) is 0.471. The van der Waals surface area contributed by atoms with Crippen molar-refractivity contribution in [3.05, 3.63) is 24.3 Å². The largest absolute Gasteiger partial charge is 0.394 e. The number of nitrogens with one attached hydrogen (secondary N) is 1. The molecule has 0 radical (unpaired) electrons. The van der Waals surface area contributed by atoms with Gasteiger partial charge in [-0.25, -0.2) is 8.42 Å². The van der Waals surface area contributed by atoms with Crippen LogP contribution in [0.5, 0.6) is 0 Å². The molecule has 0 saturated carbocycles. The number of aliphatic hydroxyl groups excluding tert-OH is 1. The third-order valence-corrected chi connectivity index (χ3v) is 4.98. The van der Waals surface area contributed by atoms with Crippen molar-refractivity contribution < 1.29 is 13.5 Å². The number of rotatable bonds is 7. The fourth-order valence-corrected chi connectivity index (χ4v) is 3.11. The first-order valence-electron chi connectivity index (χ1n) is 6.61. The first-order chi connectivity index (χ1) is 8.90. The van der Waals surface area contributed by atoms with Gasteiger partial charge in [0.2, 0.25) is 0 Å². The molecule has 1 atom stereocenters. The molecule has 19 heavy (non-hydrogen) atoms. The fourth-order valence-electron chi connectivity index (χ4n) is 1.78. The molecule has 1 aromatic carbocycles. The minimum atomic E-state index is -3.15. The molecule has 0 fully saturated rings. The molecule has 0 saturated heterocycles. The highest BCUT2D eigenvalue weighted by molar-refractivity contribution is 7.91. The summed E-state index contributed by atoms with van der Waals surface area (Å²) >= 11 is 0. The van der Waals surface area contributed by atoms with Crippen LogP contribution in [0.25, 0.3) is 0 Å². The van der Waals surface area contributed by atoms with Crippen LogP contribution in [0.3, 0.4) is 0 Å². The lowest BCUT2D eigenvalue weighted by Gasteiger charge is -2.21. The Morgan fingerprint density at radius 3 is 2.21 bits per heavy atom. The lowest BCUT2D eigenvalue weighted by Crippen LogP contribution is -2.29. The molecular formula is C14H23NO3S. The van der Waals surface area contributed by atoms with Gasteiger partial charge in [0.15, 0.2) is 9.84 Å². The molecule has 1 unspecified atom stereocenters. The Bertz CT molecular complexity index is 480. The predicted octanol–water partition coefficient (Wildman–Crippen LogP) is 2.30. The van der Waals surface area contributed by atoms with Gasteiger partial charge in [0.1, 0.15) is 0 Å². The average molecular weight is 285 g/mol. The standard InChI is InChI=1S/C14H23NO3S/c1-4-9-19(17,18)13-7-5-12(6-8-13)15-14(10-16)11(2)3/h5-8,11,14-16H,4,9-10H2,1-3H3. The second-order valence-electron chi connectivity index (χ2n) is 5.02. The second kappa shape index (κ2) is 6.91. The summed E-state index contributed by atoms with van der Waals surface area (Å²) in [6.45, 7) is 5.94. The van der Waals surface area contributed by atoms with E-state index in [1.807, 2.05) is 20.8 Å². The van der Waals surface area contributed by atoms with Crippen molar-refractivity contribution in [2.75, 3.05) is 17.7 Å². The van der Waals surface area contributed by atoms with E-state index in [1.54, 1.807) is 24.3 Å². The monoisotopic (exact) mass is 285 g/mol. The van der Waals surface area contributed by atoms with Crippen LogP contribution in [0.15, 0.2) is 29.2 Å². The molecular weight excluding hydrogens is 262 g/mol. The van der Waals surface area contributed by atoms with Gasteiger partial charge in [-0.2, -0.15) is 0 Å². The molecule has 0 aliphatic carbocycles. The maximum atomic E-state index is 11.9. The second-order valence-corrected chi connectivity index (χ2v) is 7.13. The first-order valence-corrected chi connectivity index (χ1v) is 8.26. The van der Waals surface area contributed by atoms with E-state index in [4.69, 9.17) is 0 Å². The quantitative estimate of drug-likeness (QED) is 0.806. The lowest BCUT2D eigenvalue weighted by atomic mass is 10.1. The van der Waals surface area contributed by atoms with Crippen LogP contribution in [0, 0.1) is 5.92 Å². The van der Waals surface area contributed by atoms with Gasteiger partial charge in [-0.15, -0.1) is 0 Å². The molecule has 4 nitrogen and oxygen atoms in total. The van der Waals surface area contributed by atoms with Crippen molar-refractivity contribution in [3.63, 3.8) is 0 Å². The van der Waals surface area contributed by atoms with Gasteiger partial charge in [0.05, 0.1) is 23.3 Å². The van der Waals surface area contributed by atoms with E-state index in [2.05, 4.69) is 5.32 Å². The van der Waals surface area contributed by atoms with Crippen LogP contribution in [0.2, 0.25) is 0 Å². The summed E-state index contributed by atoms with van der Waals surface area (Å²) in [7, 11) is -3.15. The molecule has 0 aliphatic rings. The molecule has 2 N–H and O–H groups in total. The summed E-state index contributed by atoms with van der Waals surface area (Å²) in [6, 6.07) is 6.68. The summed E-state index contributed by atoms with van der Waals surface area (Å²) in [5.41, 5.74) is 0.822. The van der Waals surface area contributed by atoms with Crippen LogP contribution < -0.4 is 5.32 Å². The minimum absolute atomic E-state index is 0.0295. The molecule has 0 spiro atoms. The molecule has 1 rings (SSSR count). The van der Waals surface area contributed by atoms with Crippen LogP contribution >= 0.6 is 0 Å². The normalized spacial score (nSPS) is 13.5. The highest BCUT2D eigenvalue weighted by Gasteiger charge is 2.14. The van der Waals surface area contributed by atoms with E-state index in [0.29, 0.717) is 17.2 Å². The van der Waals surface area contributed by atoms with Crippen molar-refractivity contribution in [2.45, 2.75) is 38.1 Å². The smallest absolute Gasteiger partial charge is 0.178 e. The Morgan fingerprint density at radius 2 is 1.79 bits per heavy atom. The number of hydrogen-bond acceptors (Lipinski definition) is 4. The zero-order valence-corrected chi connectivity index (χ0v) is 12.6. The zero-order chi connectivity index (χ0) is 14.5. The van der Waals surface area contributed by atoms with Gasteiger partial charge in [0.25, 0.3) is 0 Å². The number of hydrogen-bond donors (Lipinski definition) is 2. The molecule has 108 valence electrons. The molecule has 0 heterocycles. The summed E-state index contributed by atoms with van der Waals surface area (Å²) in [6.07, 6.45) is 0.613. The molecule has 0 bridgehead atoms. The Hall–Kier alpha value is -1.07. The number of aliphatic hydroxyl groups is 1. The van der Waals surface area contributed by atoms with E-state index < -0.39 is 9.84 Å². The minimum Gasteiger partial charge on any atom is -0.394 e. The topological polar surface area (TPSA) is 66.4 Å². The Kier molecular flexibility index (Phi) is 5.82. The number of sulfone groups is 1. The van der Waals surface area contributed by atoms with E-state index >= 15 is 0 Å². The van der Waals surface area contributed by atoms with E-state index in [0.717, 1.165) is 5.69 Å². The van der Waals surface area contributed by atoms with Gasteiger partial charge in [-0.1, -0.05) is 20.8 Å². The van der Waals surface area contributed by atoms with Gasteiger partial charge in [-0.05, 0) is 36.6 Å². The number of benzene rings is 1. The van der Waals surface area contributed by atoms with E-state index in [-0.39, 0.29) is 18.4 Å². The van der Waals surface area contributed by atoms with Crippen molar-refractivity contribution in [1.29, 1.82) is 0 Å². The van der Waals surface area contributed by atoms with Gasteiger partial charge < -0.3 is 10.4 Å². The summed E-state index contributed by atoms with van der Waals surface area (Å²) < 4.78 is 23.7. The average Bonchev–Trinajstić information content (AvgIpc) is 2.36. The summed E-state index contributed by atoms with van der Waals surface area (Å²) in [4.78, 5) is 0.352. The highest BCUT2D eigenvalue weighted by Crippen LogP contribution is 2.18. The van der Waals surface area contributed by atoms with Crippen molar-refractivity contribution >= 4 is 15.5 Å². The molecule has 0 aliphatic heterocycles. The van der Waals surface area contributed by atoms with Crippen LogP contribution in [-0.4, -0.2) is 31.9 Å². The van der Waals surface area contributed by atoms with Crippen molar-refractivity contribution in [1.82, 2.24) is 0 Å². The third-order valence-electron chi connectivity index (χ3n) is 3.04. The van der Waals surface area contributed by atoms with Gasteiger partial charge in [0, 0.05) is 5.69 Å². The predicted molar refractivity (Wildman–Crippen MR) is 78.1 cm³/mol. The van der Waals surface area contributed by atoms with E-state index in [9.17, 15) is 13.5 Å². The Balaban J connectivity index is 2.82. The zero-order valence-electron chi connectivity index (χ0n) is 11.8. The molecule has 1 aromatic rings. The van der Waals surface area contributed by atoms with E-state index in [1.165, 1.54) is 0 Å². The van der Waals surface area contributed by atoms with Gasteiger partial charge in [-0.3, -0.25) is 0 Å². The lowest BCUT2D eigenvalue weighted by molar-refractivity contribution is 0.249. The Labute approximate surface area is 115 Å². The van der Waals surface area contributed by atoms with Gasteiger partial charge >= 0.3 is 0 Å². The molecule has 0 aromatic heterocycles. The SMILES string of the molecule is CCCS(=O)(=O)c1ccc(NC(CO)C(C)C)cc1.